The maximum absolute atomic E-state index is 11.8. The highest BCUT2D eigenvalue weighted by atomic mass is 16.2. The van der Waals surface area contributed by atoms with E-state index in [0.29, 0.717) is 12.3 Å². The van der Waals surface area contributed by atoms with Crippen LogP contribution in [0.15, 0.2) is 23.8 Å². The van der Waals surface area contributed by atoms with Crippen molar-refractivity contribution in [3.63, 3.8) is 0 Å². The van der Waals surface area contributed by atoms with Gasteiger partial charge in [0, 0.05) is 13.0 Å². The summed E-state index contributed by atoms with van der Waals surface area (Å²) in [5.74, 6) is 0.319. The Hall–Kier alpha value is -1.05. The van der Waals surface area contributed by atoms with Gasteiger partial charge in [-0.25, -0.2) is 0 Å². The fourth-order valence-corrected chi connectivity index (χ4v) is 3.00. The van der Waals surface area contributed by atoms with E-state index in [4.69, 9.17) is 0 Å². The van der Waals surface area contributed by atoms with Crippen molar-refractivity contribution >= 4 is 5.91 Å². The molecule has 0 aromatic carbocycles. The van der Waals surface area contributed by atoms with Gasteiger partial charge < -0.3 is 4.90 Å². The third-order valence-corrected chi connectivity index (χ3v) is 3.54. The number of carbonyl (C=O) groups excluding carboxylic acids is 1. The van der Waals surface area contributed by atoms with E-state index in [0.717, 1.165) is 25.8 Å². The summed E-state index contributed by atoms with van der Waals surface area (Å²) in [6, 6.07) is 0. The van der Waals surface area contributed by atoms with Gasteiger partial charge in [0.05, 0.1) is 5.54 Å². The van der Waals surface area contributed by atoms with Gasteiger partial charge in [-0.1, -0.05) is 17.2 Å². The van der Waals surface area contributed by atoms with Crippen molar-refractivity contribution in [2.24, 2.45) is 0 Å². The van der Waals surface area contributed by atoms with Crippen LogP contribution in [0.2, 0.25) is 0 Å². The van der Waals surface area contributed by atoms with E-state index >= 15 is 0 Å². The van der Waals surface area contributed by atoms with Crippen molar-refractivity contribution in [2.45, 2.75) is 45.1 Å². The molecular formula is C13H19NO. The molecule has 0 N–H and O–H groups in total. The lowest BCUT2D eigenvalue weighted by Gasteiger charge is -2.42. The van der Waals surface area contributed by atoms with Gasteiger partial charge in [-0.2, -0.15) is 0 Å². The standard InChI is InChI=1S/C13H19NO/c1-10(2)8-13-6-4-12(15)14(13)7-5-11(3)9-13/h5H,1,4,6-9H2,2-3H3/t13-/m0/s1. The largest absolute Gasteiger partial charge is 0.333 e. The van der Waals surface area contributed by atoms with Crippen LogP contribution in [0.25, 0.3) is 0 Å². The van der Waals surface area contributed by atoms with Crippen molar-refractivity contribution in [1.29, 1.82) is 0 Å². The molecule has 0 aromatic heterocycles. The Morgan fingerprint density at radius 3 is 3.07 bits per heavy atom. The fourth-order valence-electron chi connectivity index (χ4n) is 3.00. The van der Waals surface area contributed by atoms with Crippen LogP contribution in [0.4, 0.5) is 0 Å². The third-order valence-electron chi connectivity index (χ3n) is 3.54. The van der Waals surface area contributed by atoms with Gasteiger partial charge in [-0.05, 0) is 33.1 Å². The van der Waals surface area contributed by atoms with E-state index < -0.39 is 0 Å². The van der Waals surface area contributed by atoms with E-state index in [1.807, 2.05) is 0 Å². The topological polar surface area (TPSA) is 20.3 Å². The molecule has 0 unspecified atom stereocenters. The Kier molecular flexibility index (Phi) is 2.45. The second kappa shape index (κ2) is 3.51. The summed E-state index contributed by atoms with van der Waals surface area (Å²) in [6.45, 7) is 9.03. The molecule has 1 amide bonds. The first-order chi connectivity index (χ1) is 7.03. The number of hydrogen-bond donors (Lipinski definition) is 0. The Morgan fingerprint density at radius 1 is 1.67 bits per heavy atom. The molecule has 2 heteroatoms. The van der Waals surface area contributed by atoms with Gasteiger partial charge in [0.2, 0.25) is 5.91 Å². The lowest BCUT2D eigenvalue weighted by atomic mass is 9.81. The maximum atomic E-state index is 11.8. The summed E-state index contributed by atoms with van der Waals surface area (Å²) in [5, 5.41) is 0. The molecule has 15 heavy (non-hydrogen) atoms. The van der Waals surface area contributed by atoms with E-state index in [1.54, 1.807) is 0 Å². The Morgan fingerprint density at radius 2 is 2.40 bits per heavy atom. The summed E-state index contributed by atoms with van der Waals surface area (Å²) in [6.07, 6.45) is 5.90. The summed E-state index contributed by atoms with van der Waals surface area (Å²) in [7, 11) is 0. The molecule has 0 spiro atoms. The minimum absolute atomic E-state index is 0.0712. The van der Waals surface area contributed by atoms with E-state index in [2.05, 4.69) is 31.4 Å². The Balaban J connectivity index is 2.29. The highest BCUT2D eigenvalue weighted by Gasteiger charge is 2.45. The smallest absolute Gasteiger partial charge is 0.223 e. The molecule has 82 valence electrons. The number of hydrogen-bond acceptors (Lipinski definition) is 1. The van der Waals surface area contributed by atoms with Crippen LogP contribution >= 0.6 is 0 Å². The van der Waals surface area contributed by atoms with E-state index in [9.17, 15) is 4.79 Å². The van der Waals surface area contributed by atoms with Crippen LogP contribution in [0.5, 0.6) is 0 Å². The molecule has 0 aliphatic carbocycles. The average molecular weight is 205 g/mol. The minimum atomic E-state index is 0.0712. The van der Waals surface area contributed by atoms with Crippen molar-refractivity contribution < 1.29 is 4.79 Å². The molecule has 0 saturated carbocycles. The fraction of sp³-hybridized carbons (Fsp3) is 0.615. The van der Waals surface area contributed by atoms with Gasteiger partial charge in [-0.15, -0.1) is 6.58 Å². The van der Waals surface area contributed by atoms with Crippen molar-refractivity contribution in [1.82, 2.24) is 4.90 Å². The zero-order chi connectivity index (χ0) is 11.1. The molecule has 0 bridgehead atoms. The van der Waals surface area contributed by atoms with Crippen LogP contribution in [0.3, 0.4) is 0 Å². The number of amides is 1. The van der Waals surface area contributed by atoms with Gasteiger partial charge in [-0.3, -0.25) is 4.79 Å². The van der Waals surface area contributed by atoms with E-state index in [1.165, 1.54) is 11.1 Å². The second-order valence-electron chi connectivity index (χ2n) is 5.09. The lowest BCUT2D eigenvalue weighted by molar-refractivity contribution is -0.130. The molecule has 2 heterocycles. The van der Waals surface area contributed by atoms with E-state index in [-0.39, 0.29) is 5.54 Å². The first-order valence-electron chi connectivity index (χ1n) is 5.64. The second-order valence-corrected chi connectivity index (χ2v) is 5.09. The number of carbonyl (C=O) groups is 1. The first kappa shape index (κ1) is 10.5. The molecule has 2 aliphatic rings. The molecule has 1 saturated heterocycles. The quantitative estimate of drug-likeness (QED) is 0.635. The van der Waals surface area contributed by atoms with Crippen LogP contribution < -0.4 is 0 Å². The third kappa shape index (κ3) is 1.73. The summed E-state index contributed by atoms with van der Waals surface area (Å²) < 4.78 is 0. The Bertz CT molecular complexity index is 342. The lowest BCUT2D eigenvalue weighted by Crippen LogP contribution is -2.48. The van der Waals surface area contributed by atoms with Crippen molar-refractivity contribution in [2.75, 3.05) is 6.54 Å². The molecule has 0 aromatic rings. The van der Waals surface area contributed by atoms with Crippen molar-refractivity contribution in [3.8, 4) is 0 Å². The highest BCUT2D eigenvalue weighted by molar-refractivity contribution is 5.80. The molecule has 2 nitrogen and oxygen atoms in total. The molecule has 1 fully saturated rings. The molecule has 0 radical (unpaired) electrons. The zero-order valence-corrected chi connectivity index (χ0v) is 9.68. The zero-order valence-electron chi connectivity index (χ0n) is 9.68. The molecule has 2 aliphatic heterocycles. The summed E-state index contributed by atoms with van der Waals surface area (Å²) in [4.78, 5) is 13.8. The molecule has 1 atom stereocenters. The number of fused-ring (bicyclic) bond motifs is 1. The first-order valence-corrected chi connectivity index (χ1v) is 5.64. The van der Waals surface area contributed by atoms with Crippen LogP contribution in [-0.4, -0.2) is 22.9 Å². The van der Waals surface area contributed by atoms with Crippen molar-refractivity contribution in [3.05, 3.63) is 23.8 Å². The highest BCUT2D eigenvalue weighted by Crippen LogP contribution is 2.42. The van der Waals surface area contributed by atoms with Gasteiger partial charge in [0.25, 0.3) is 0 Å². The van der Waals surface area contributed by atoms with Gasteiger partial charge in [0.15, 0.2) is 0 Å². The van der Waals surface area contributed by atoms with Crippen LogP contribution in [-0.2, 0) is 4.79 Å². The minimum Gasteiger partial charge on any atom is -0.333 e. The molecular weight excluding hydrogens is 186 g/mol. The predicted octanol–water partition coefficient (Wildman–Crippen LogP) is 2.66. The maximum Gasteiger partial charge on any atom is 0.223 e. The Labute approximate surface area is 91.6 Å². The van der Waals surface area contributed by atoms with Crippen LogP contribution in [0, 0.1) is 0 Å². The summed E-state index contributed by atoms with van der Waals surface area (Å²) in [5.41, 5.74) is 2.67. The SMILES string of the molecule is C=C(C)C[C@]12CCC(=O)N1CC=C(C)C2. The monoisotopic (exact) mass is 205 g/mol. The van der Waals surface area contributed by atoms with Gasteiger partial charge in [0.1, 0.15) is 0 Å². The summed E-state index contributed by atoms with van der Waals surface area (Å²) >= 11 is 0. The number of nitrogens with zero attached hydrogens (tertiary/aromatic N) is 1. The normalized spacial score (nSPS) is 30.1. The van der Waals surface area contributed by atoms with Gasteiger partial charge >= 0.3 is 0 Å². The average Bonchev–Trinajstić information content (AvgIpc) is 2.41. The predicted molar refractivity (Wildman–Crippen MR) is 61.5 cm³/mol. The molecule has 2 rings (SSSR count). The number of rotatable bonds is 2. The van der Waals surface area contributed by atoms with Crippen LogP contribution in [0.1, 0.15) is 39.5 Å².